The molecule has 3 atom stereocenters. The molecule has 0 aromatic heterocycles. The van der Waals surface area contributed by atoms with Crippen LogP contribution >= 0.6 is 7.82 Å². The van der Waals surface area contributed by atoms with Crippen molar-refractivity contribution in [1.82, 2.24) is 5.32 Å². The fourth-order valence-electron chi connectivity index (χ4n) is 8.83. The van der Waals surface area contributed by atoms with Gasteiger partial charge in [0.15, 0.2) is 0 Å². The number of rotatable bonds is 58. The zero-order valence-electron chi connectivity index (χ0n) is 53.0. The van der Waals surface area contributed by atoms with E-state index in [0.29, 0.717) is 23.9 Å². The first kappa shape index (κ1) is 77.4. The first-order valence-corrected chi connectivity index (χ1v) is 34.4. The molecule has 0 saturated carbocycles. The van der Waals surface area contributed by atoms with Crippen molar-refractivity contribution in [2.75, 3.05) is 40.9 Å². The highest BCUT2D eigenvalue weighted by atomic mass is 31.2. The highest BCUT2D eigenvalue weighted by Crippen LogP contribution is 2.43. The van der Waals surface area contributed by atoms with Crippen molar-refractivity contribution >= 4 is 19.7 Å². The summed E-state index contributed by atoms with van der Waals surface area (Å²) in [5, 5.41) is 3.05. The molecule has 0 bridgehead atoms. The molecule has 0 aromatic rings. The topological polar surface area (TPSA) is 111 Å². The SMILES string of the molecule is CC/C=C\C/C=C\C/C=C\C/C=C\C/C=C\CCCCCCCCCC(=O)NC(COP(=O)(O)OCC[N+](C)(C)C)C(/C=C/CCCCCCCCCCC)OC(=O)CCCCCCC/C=C\C/C=C\C/C=C\C/C=C\CCCCC. The number of hydrogen-bond donors (Lipinski definition) is 2. The van der Waals surface area contributed by atoms with Crippen LogP contribution in [0.4, 0.5) is 0 Å². The quantitative estimate of drug-likeness (QED) is 0.0205. The number of nitrogens with zero attached hydrogens (tertiary/aromatic N) is 1. The average Bonchev–Trinajstić information content (AvgIpc) is 3.43. The van der Waals surface area contributed by atoms with E-state index in [1.54, 1.807) is 0 Å². The van der Waals surface area contributed by atoms with E-state index in [-0.39, 0.29) is 31.5 Å². The van der Waals surface area contributed by atoms with E-state index in [0.717, 1.165) is 135 Å². The third-order valence-electron chi connectivity index (χ3n) is 13.9. The molecule has 9 nitrogen and oxygen atoms in total. The van der Waals surface area contributed by atoms with Gasteiger partial charge in [0.2, 0.25) is 5.91 Å². The van der Waals surface area contributed by atoms with Crippen LogP contribution in [0, 0.1) is 0 Å². The number of carbonyl (C=O) groups excluding carboxylic acids is 2. The molecule has 0 fully saturated rings. The molecule has 81 heavy (non-hydrogen) atoms. The van der Waals surface area contributed by atoms with Gasteiger partial charge in [0, 0.05) is 12.8 Å². The lowest BCUT2D eigenvalue weighted by atomic mass is 10.1. The number of allylic oxidation sites excluding steroid dienone is 19. The highest BCUT2D eigenvalue weighted by molar-refractivity contribution is 7.47. The van der Waals surface area contributed by atoms with Crippen LogP contribution in [0.25, 0.3) is 0 Å². The third kappa shape index (κ3) is 60.8. The first-order valence-electron chi connectivity index (χ1n) is 32.9. The van der Waals surface area contributed by atoms with Gasteiger partial charge < -0.3 is 19.4 Å². The molecule has 1 amide bonds. The third-order valence-corrected chi connectivity index (χ3v) is 14.9. The molecular formula is C71H124N2O7P+. The van der Waals surface area contributed by atoms with E-state index in [4.69, 9.17) is 13.8 Å². The predicted octanol–water partition coefficient (Wildman–Crippen LogP) is 20.7. The van der Waals surface area contributed by atoms with Crippen molar-refractivity contribution in [3.05, 3.63) is 122 Å². The minimum absolute atomic E-state index is 0.0280. The smallest absolute Gasteiger partial charge is 0.456 e. The minimum Gasteiger partial charge on any atom is -0.456 e. The molecule has 0 aliphatic carbocycles. The van der Waals surface area contributed by atoms with Crippen molar-refractivity contribution in [3.63, 3.8) is 0 Å². The zero-order valence-corrected chi connectivity index (χ0v) is 53.9. The van der Waals surface area contributed by atoms with Crippen LogP contribution in [0.3, 0.4) is 0 Å². The van der Waals surface area contributed by atoms with Crippen LogP contribution < -0.4 is 5.32 Å². The summed E-state index contributed by atoms with van der Waals surface area (Å²) in [6.45, 7) is 6.84. The number of amides is 1. The van der Waals surface area contributed by atoms with Gasteiger partial charge in [-0.3, -0.25) is 18.6 Å². The maximum Gasteiger partial charge on any atom is 0.472 e. The molecule has 2 N–H and O–H groups in total. The average molecular weight is 1150 g/mol. The summed E-state index contributed by atoms with van der Waals surface area (Å²) in [6.07, 6.45) is 83.4. The second-order valence-electron chi connectivity index (χ2n) is 22.9. The van der Waals surface area contributed by atoms with Gasteiger partial charge in [-0.15, -0.1) is 0 Å². The molecule has 0 spiro atoms. The highest BCUT2D eigenvalue weighted by Gasteiger charge is 2.30. The summed E-state index contributed by atoms with van der Waals surface area (Å²) in [5.41, 5.74) is 0. The first-order chi connectivity index (χ1) is 39.4. The summed E-state index contributed by atoms with van der Waals surface area (Å²) in [6, 6.07) is -0.871. The Hall–Kier alpha value is -3.59. The monoisotopic (exact) mass is 1150 g/mol. The summed E-state index contributed by atoms with van der Waals surface area (Å²) < 4.78 is 30.7. The minimum atomic E-state index is -4.47. The Morgan fingerprint density at radius 1 is 0.444 bits per heavy atom. The zero-order chi connectivity index (χ0) is 59.3. The second kappa shape index (κ2) is 59.6. The van der Waals surface area contributed by atoms with Gasteiger partial charge in [0.25, 0.3) is 0 Å². The fraction of sp³-hybridized carbons (Fsp3) is 0.690. The van der Waals surface area contributed by atoms with Crippen LogP contribution in [0.2, 0.25) is 0 Å². The van der Waals surface area contributed by atoms with E-state index in [9.17, 15) is 19.0 Å². The Bertz CT molecular complexity index is 1800. The molecule has 0 rings (SSSR count). The summed E-state index contributed by atoms with van der Waals surface area (Å²) in [7, 11) is 1.46. The summed E-state index contributed by atoms with van der Waals surface area (Å²) >= 11 is 0. The summed E-state index contributed by atoms with van der Waals surface area (Å²) in [5.74, 6) is -0.545. The van der Waals surface area contributed by atoms with Crippen LogP contribution in [-0.2, 0) is 27.9 Å². The summed E-state index contributed by atoms with van der Waals surface area (Å²) in [4.78, 5) is 37.8. The number of carbonyl (C=O) groups is 2. The van der Waals surface area contributed by atoms with Crippen molar-refractivity contribution in [2.24, 2.45) is 0 Å². The standard InChI is InChI=1S/C71H123N2O7P/c1-7-10-13-16-19-22-25-27-29-31-33-35-36-38-39-41-43-45-48-51-54-57-60-63-70(74)72-68(67-79-81(76,77)78-66-65-73(4,5)6)69(62-59-56-53-50-47-24-21-18-15-12-9-3)80-71(75)64-61-58-55-52-49-46-44-42-40-37-34-32-30-28-26-23-20-17-14-11-8-2/h10,13,19-20,22-23,27-30,33-35,37-39,42,44,59,62,68-69H,7-9,11-12,14-18,21,24-26,31-32,36,40-41,43,45-58,60-61,63-67H2,1-6H3,(H-,72,74,76,77)/p+1/b13-10-,22-19-,23-20-,29-27-,30-28-,35-33-,37-34-,39-38-,44-42-,62-59+. The maximum absolute atomic E-state index is 13.6. The number of likely N-dealkylation sites (N-methyl/N-ethyl adjacent to an activating group) is 1. The van der Waals surface area contributed by atoms with Crippen molar-refractivity contribution < 1.29 is 37.3 Å². The number of phosphoric acid groups is 1. The Balaban J connectivity index is 5.22. The Morgan fingerprint density at radius 3 is 1.21 bits per heavy atom. The van der Waals surface area contributed by atoms with Crippen LogP contribution in [-0.4, -0.2) is 74.3 Å². The molecule has 10 heteroatoms. The molecule has 464 valence electrons. The molecule has 0 aliphatic rings. The van der Waals surface area contributed by atoms with E-state index in [1.807, 2.05) is 33.3 Å². The van der Waals surface area contributed by atoms with Gasteiger partial charge >= 0.3 is 13.8 Å². The van der Waals surface area contributed by atoms with E-state index in [1.165, 1.54) is 89.9 Å². The van der Waals surface area contributed by atoms with Crippen LogP contribution in [0.5, 0.6) is 0 Å². The van der Waals surface area contributed by atoms with Crippen molar-refractivity contribution in [2.45, 2.75) is 277 Å². The van der Waals surface area contributed by atoms with Crippen molar-refractivity contribution in [3.8, 4) is 0 Å². The van der Waals surface area contributed by atoms with Gasteiger partial charge in [-0.25, -0.2) is 4.57 Å². The van der Waals surface area contributed by atoms with Gasteiger partial charge in [0.05, 0.1) is 33.8 Å². The van der Waals surface area contributed by atoms with Gasteiger partial charge in [0.1, 0.15) is 19.3 Å². The normalized spacial score (nSPS) is 14.4. The number of hydrogen-bond acceptors (Lipinski definition) is 6. The molecule has 0 heterocycles. The molecule has 0 aromatic carbocycles. The van der Waals surface area contributed by atoms with Crippen molar-refractivity contribution in [1.29, 1.82) is 0 Å². The largest absolute Gasteiger partial charge is 0.472 e. The Morgan fingerprint density at radius 2 is 0.790 bits per heavy atom. The molecule has 0 saturated heterocycles. The molecule has 0 radical (unpaired) electrons. The number of nitrogens with one attached hydrogen (secondary N) is 1. The van der Waals surface area contributed by atoms with Gasteiger partial charge in [-0.1, -0.05) is 252 Å². The van der Waals surface area contributed by atoms with Crippen LogP contribution in [0.1, 0.15) is 265 Å². The molecular weight excluding hydrogens is 1020 g/mol. The lowest BCUT2D eigenvalue weighted by Crippen LogP contribution is -2.47. The number of esters is 1. The van der Waals surface area contributed by atoms with E-state index in [2.05, 4.69) is 135 Å². The number of quaternary nitrogens is 1. The number of phosphoric ester groups is 1. The molecule has 3 unspecified atom stereocenters. The Kier molecular flexibility index (Phi) is 56.9. The number of unbranched alkanes of at least 4 members (excludes halogenated alkanes) is 24. The van der Waals surface area contributed by atoms with E-state index < -0.39 is 20.0 Å². The molecule has 0 aliphatic heterocycles. The van der Waals surface area contributed by atoms with E-state index >= 15 is 0 Å². The maximum atomic E-state index is 13.6. The van der Waals surface area contributed by atoms with Gasteiger partial charge in [-0.05, 0) is 122 Å². The van der Waals surface area contributed by atoms with Gasteiger partial charge in [-0.2, -0.15) is 0 Å². The fourth-order valence-corrected chi connectivity index (χ4v) is 9.57. The number of ether oxygens (including phenoxy) is 1. The lowest BCUT2D eigenvalue weighted by molar-refractivity contribution is -0.870. The second-order valence-corrected chi connectivity index (χ2v) is 24.4. The predicted molar refractivity (Wildman–Crippen MR) is 350 cm³/mol. The lowest BCUT2D eigenvalue weighted by Gasteiger charge is -2.27. The van der Waals surface area contributed by atoms with Crippen LogP contribution in [0.15, 0.2) is 122 Å². The Labute approximate surface area is 499 Å².